The molecule has 0 aliphatic rings. The lowest BCUT2D eigenvalue weighted by molar-refractivity contribution is -0.140. The van der Waals surface area contributed by atoms with E-state index in [4.69, 9.17) is 9.84 Å². The minimum Gasteiger partial charge on any atom is -0.465 e. The summed E-state index contributed by atoms with van der Waals surface area (Å²) < 4.78 is 4.80. The molecule has 0 aliphatic heterocycles. The fourth-order valence-electron chi connectivity index (χ4n) is 1.03. The Hall–Kier alpha value is 0.0900. The van der Waals surface area contributed by atoms with Gasteiger partial charge in [0, 0.05) is 30.6 Å². The van der Waals surface area contributed by atoms with E-state index in [1.54, 1.807) is 10.8 Å². The molecule has 4 nitrogen and oxygen atoms in total. The highest BCUT2D eigenvalue weighted by atomic mass is 33.1. The summed E-state index contributed by atoms with van der Waals surface area (Å²) in [6.07, 6.45) is 2.06. The molecule has 0 saturated carbocycles. The molecule has 0 rings (SSSR count). The summed E-state index contributed by atoms with van der Waals surface area (Å²) in [5.41, 5.74) is 0.0920. The number of esters is 1. The standard InChI is InChI=1S/C9H18O2S2.C6H15NO.C2H6/c1-8(2)4-6-12-13-7-5-11-9(3)10;1-6(2,7-3)4-5-8;1-2/h8H,4-7H2,1-3H3;7-8H,4-5H2,1-3H3;1-2H3. The third-order valence-electron chi connectivity index (χ3n) is 2.75. The molecular formula is C17H39NO3S2. The topological polar surface area (TPSA) is 58.6 Å². The van der Waals surface area contributed by atoms with Crippen LogP contribution in [0.25, 0.3) is 0 Å². The van der Waals surface area contributed by atoms with Gasteiger partial charge < -0.3 is 15.2 Å². The summed E-state index contributed by atoms with van der Waals surface area (Å²) in [5, 5.41) is 11.6. The highest BCUT2D eigenvalue weighted by Gasteiger charge is 2.11. The Bertz CT molecular complexity index is 250. The van der Waals surface area contributed by atoms with E-state index >= 15 is 0 Å². The van der Waals surface area contributed by atoms with Crippen LogP contribution in [0.15, 0.2) is 0 Å². The van der Waals surface area contributed by atoms with Crippen LogP contribution in [0.5, 0.6) is 0 Å². The lowest BCUT2D eigenvalue weighted by Crippen LogP contribution is -2.36. The van der Waals surface area contributed by atoms with Crippen LogP contribution in [0.3, 0.4) is 0 Å². The zero-order valence-electron chi connectivity index (χ0n) is 16.4. The summed E-state index contributed by atoms with van der Waals surface area (Å²) >= 11 is 0. The normalized spacial score (nSPS) is 10.3. The molecule has 142 valence electrons. The molecule has 0 aromatic heterocycles. The summed E-state index contributed by atoms with van der Waals surface area (Å²) in [6, 6.07) is 0. The monoisotopic (exact) mass is 369 g/mol. The van der Waals surface area contributed by atoms with Crippen LogP contribution in [-0.4, -0.2) is 48.4 Å². The van der Waals surface area contributed by atoms with E-state index in [9.17, 15) is 4.79 Å². The van der Waals surface area contributed by atoms with Gasteiger partial charge in [-0.3, -0.25) is 4.79 Å². The van der Waals surface area contributed by atoms with Crippen molar-refractivity contribution in [1.29, 1.82) is 0 Å². The number of aliphatic hydroxyl groups excluding tert-OH is 1. The Balaban J connectivity index is -0.000000343. The molecule has 0 spiro atoms. The van der Waals surface area contributed by atoms with Crippen molar-refractivity contribution in [3.8, 4) is 0 Å². The van der Waals surface area contributed by atoms with Crippen molar-refractivity contribution in [3.05, 3.63) is 0 Å². The summed E-state index contributed by atoms with van der Waals surface area (Å²) in [6.45, 7) is 14.8. The first-order valence-corrected chi connectivity index (χ1v) is 10.9. The van der Waals surface area contributed by atoms with Crippen molar-refractivity contribution < 1.29 is 14.6 Å². The maximum Gasteiger partial charge on any atom is 0.302 e. The van der Waals surface area contributed by atoms with Crippen LogP contribution >= 0.6 is 21.6 Å². The molecule has 6 heteroatoms. The Kier molecular flexibility index (Phi) is 24.4. The van der Waals surface area contributed by atoms with Crippen molar-refractivity contribution in [2.45, 2.75) is 66.8 Å². The van der Waals surface area contributed by atoms with E-state index in [1.807, 2.05) is 31.7 Å². The molecule has 0 aliphatic carbocycles. The third kappa shape index (κ3) is 30.5. The highest BCUT2D eigenvalue weighted by Crippen LogP contribution is 2.22. The Morgan fingerprint density at radius 3 is 2.09 bits per heavy atom. The van der Waals surface area contributed by atoms with E-state index in [0.29, 0.717) is 6.61 Å². The predicted molar refractivity (Wildman–Crippen MR) is 107 cm³/mol. The molecule has 0 aromatic rings. The van der Waals surface area contributed by atoms with Gasteiger partial charge in [0.25, 0.3) is 0 Å². The van der Waals surface area contributed by atoms with Gasteiger partial charge in [0.05, 0.1) is 0 Å². The van der Waals surface area contributed by atoms with Crippen molar-refractivity contribution >= 4 is 27.6 Å². The fraction of sp³-hybridized carbons (Fsp3) is 0.941. The highest BCUT2D eigenvalue weighted by molar-refractivity contribution is 8.76. The Labute approximate surface area is 152 Å². The van der Waals surface area contributed by atoms with Crippen LogP contribution in [-0.2, 0) is 9.53 Å². The molecular weight excluding hydrogens is 330 g/mol. The van der Waals surface area contributed by atoms with Crippen molar-refractivity contribution in [2.24, 2.45) is 5.92 Å². The van der Waals surface area contributed by atoms with E-state index in [2.05, 4.69) is 33.0 Å². The molecule has 0 fully saturated rings. The van der Waals surface area contributed by atoms with E-state index in [-0.39, 0.29) is 18.1 Å². The summed E-state index contributed by atoms with van der Waals surface area (Å²) in [4.78, 5) is 10.4. The van der Waals surface area contributed by atoms with Gasteiger partial charge in [-0.1, -0.05) is 49.3 Å². The largest absolute Gasteiger partial charge is 0.465 e. The average molecular weight is 370 g/mol. The van der Waals surface area contributed by atoms with Gasteiger partial charge in [-0.25, -0.2) is 0 Å². The Morgan fingerprint density at radius 1 is 1.22 bits per heavy atom. The van der Waals surface area contributed by atoms with Crippen LogP contribution in [0, 0.1) is 5.92 Å². The Morgan fingerprint density at radius 2 is 1.74 bits per heavy atom. The number of ether oxygens (including phenoxy) is 1. The molecule has 0 atom stereocenters. The molecule has 0 aromatic carbocycles. The van der Waals surface area contributed by atoms with Gasteiger partial charge in [-0.2, -0.15) is 0 Å². The quantitative estimate of drug-likeness (QED) is 0.339. The van der Waals surface area contributed by atoms with Gasteiger partial charge in [0.15, 0.2) is 0 Å². The van der Waals surface area contributed by atoms with Gasteiger partial charge >= 0.3 is 5.97 Å². The molecule has 2 N–H and O–H groups in total. The van der Waals surface area contributed by atoms with E-state index < -0.39 is 0 Å². The second-order valence-corrected chi connectivity index (χ2v) is 8.48. The summed E-state index contributed by atoms with van der Waals surface area (Å²) in [5.74, 6) is 2.67. The maximum absolute atomic E-state index is 10.4. The fourth-order valence-corrected chi connectivity index (χ4v) is 3.18. The number of rotatable bonds is 10. The number of aliphatic hydroxyl groups is 1. The minimum absolute atomic E-state index is 0.0920. The first-order chi connectivity index (χ1) is 10.7. The summed E-state index contributed by atoms with van der Waals surface area (Å²) in [7, 11) is 5.53. The van der Waals surface area contributed by atoms with Crippen LogP contribution < -0.4 is 5.32 Å². The van der Waals surface area contributed by atoms with Crippen LogP contribution in [0.2, 0.25) is 0 Å². The van der Waals surface area contributed by atoms with Gasteiger partial charge in [0.1, 0.15) is 6.61 Å². The molecule has 0 amide bonds. The lowest BCUT2D eigenvalue weighted by atomic mass is 10.0. The third-order valence-corrected chi connectivity index (χ3v) is 5.15. The number of hydrogen-bond donors (Lipinski definition) is 2. The van der Waals surface area contributed by atoms with E-state index in [0.717, 1.165) is 18.1 Å². The molecule has 0 heterocycles. The predicted octanol–water partition coefficient (Wildman–Crippen LogP) is 4.37. The van der Waals surface area contributed by atoms with Crippen LogP contribution in [0.1, 0.15) is 61.3 Å². The maximum atomic E-state index is 10.4. The smallest absolute Gasteiger partial charge is 0.302 e. The van der Waals surface area contributed by atoms with Gasteiger partial charge in [-0.05, 0) is 39.7 Å². The van der Waals surface area contributed by atoms with Crippen molar-refractivity contribution in [3.63, 3.8) is 0 Å². The zero-order valence-corrected chi connectivity index (χ0v) is 18.0. The van der Waals surface area contributed by atoms with Crippen molar-refractivity contribution in [2.75, 3.05) is 31.8 Å². The van der Waals surface area contributed by atoms with E-state index in [1.165, 1.54) is 19.1 Å². The lowest BCUT2D eigenvalue weighted by Gasteiger charge is -2.21. The average Bonchev–Trinajstić information content (AvgIpc) is 2.48. The van der Waals surface area contributed by atoms with Crippen molar-refractivity contribution in [1.82, 2.24) is 5.32 Å². The molecule has 0 bridgehead atoms. The number of carbonyl (C=O) groups is 1. The SMILES string of the molecule is CC.CC(=O)OCCSSCCC(C)C.CNC(C)(C)CCO. The second-order valence-electron chi connectivity index (χ2n) is 5.77. The molecule has 0 saturated heterocycles. The molecule has 0 unspecified atom stereocenters. The number of hydrogen-bond acceptors (Lipinski definition) is 6. The van der Waals surface area contributed by atoms with Crippen LogP contribution in [0.4, 0.5) is 0 Å². The number of nitrogens with one attached hydrogen (secondary N) is 1. The van der Waals surface area contributed by atoms with Gasteiger partial charge in [0.2, 0.25) is 0 Å². The molecule has 0 radical (unpaired) electrons. The molecule has 23 heavy (non-hydrogen) atoms. The number of carbonyl (C=O) groups excluding carboxylic acids is 1. The second kappa shape index (κ2) is 20.1. The first-order valence-electron chi connectivity index (χ1n) is 8.42. The first kappa shape index (κ1) is 27.9. The van der Waals surface area contributed by atoms with Gasteiger partial charge in [-0.15, -0.1) is 0 Å². The zero-order chi connectivity index (χ0) is 18.7. The minimum atomic E-state index is -0.187.